The fraction of sp³-hybridized carbons (Fsp3) is 0.120. The SMILES string of the molecule is Cn1nnc(-c2c(Cl)cc(Cl)cc2-c2ccc(CNc3nc4ccccc4n3NC(=O)CC#N)c(F)c2)n1. The molecule has 0 aliphatic heterocycles. The first kappa shape index (κ1) is 25.1. The molecule has 0 aliphatic carbocycles. The van der Waals surface area contributed by atoms with Crippen LogP contribution in [0.5, 0.6) is 0 Å². The van der Waals surface area contributed by atoms with Crippen LogP contribution in [0.15, 0.2) is 54.6 Å². The molecule has 0 saturated carbocycles. The highest BCUT2D eigenvalue weighted by molar-refractivity contribution is 6.37. The van der Waals surface area contributed by atoms with E-state index in [0.29, 0.717) is 49.3 Å². The summed E-state index contributed by atoms with van der Waals surface area (Å²) in [6.07, 6.45) is -0.318. The second-order valence-corrected chi connectivity index (χ2v) is 9.05. The van der Waals surface area contributed by atoms with E-state index in [-0.39, 0.29) is 18.8 Å². The molecule has 0 unspecified atom stereocenters. The van der Waals surface area contributed by atoms with Crippen molar-refractivity contribution in [2.75, 3.05) is 10.7 Å². The summed E-state index contributed by atoms with van der Waals surface area (Å²) in [6.45, 7) is 0.0679. The summed E-state index contributed by atoms with van der Waals surface area (Å²) in [5, 5.41) is 24.7. The average Bonchev–Trinajstić information content (AvgIpc) is 3.46. The van der Waals surface area contributed by atoms with E-state index in [0.717, 1.165) is 0 Å². The molecule has 10 nitrogen and oxygen atoms in total. The highest BCUT2D eigenvalue weighted by Gasteiger charge is 2.19. The van der Waals surface area contributed by atoms with Crippen LogP contribution in [0.1, 0.15) is 12.0 Å². The predicted octanol–water partition coefficient (Wildman–Crippen LogP) is 4.94. The molecule has 0 radical (unpaired) electrons. The fourth-order valence-electron chi connectivity index (χ4n) is 3.94. The average molecular weight is 550 g/mol. The van der Waals surface area contributed by atoms with Gasteiger partial charge < -0.3 is 5.32 Å². The first-order chi connectivity index (χ1) is 18.3. The molecule has 5 aromatic rings. The van der Waals surface area contributed by atoms with E-state index in [1.54, 1.807) is 49.5 Å². The number of nitriles is 1. The molecule has 1 amide bonds. The number of fused-ring (bicyclic) bond motifs is 1. The standard InChI is InChI=1S/C25H18Cl2FN9O/c1-36-34-24(32-35-36)23-17(11-16(26)12-18(23)27)14-6-7-15(19(28)10-14)13-30-25-31-20-4-2-3-5-21(20)37(25)33-22(38)8-9-29/h2-7,10-12H,8,13H2,1H3,(H,30,31)(H,33,38). The third-order valence-electron chi connectivity index (χ3n) is 5.62. The molecule has 38 heavy (non-hydrogen) atoms. The lowest BCUT2D eigenvalue weighted by Crippen LogP contribution is -2.24. The third kappa shape index (κ3) is 5.00. The maximum atomic E-state index is 15.3. The van der Waals surface area contributed by atoms with E-state index in [1.807, 2.05) is 12.1 Å². The minimum atomic E-state index is -0.497. The van der Waals surface area contributed by atoms with Crippen molar-refractivity contribution in [1.29, 1.82) is 5.26 Å². The molecule has 5 rings (SSSR count). The maximum Gasteiger partial charge on any atom is 0.253 e. The predicted molar refractivity (Wildman–Crippen MR) is 141 cm³/mol. The summed E-state index contributed by atoms with van der Waals surface area (Å²) < 4.78 is 16.7. The van der Waals surface area contributed by atoms with Crippen molar-refractivity contribution in [3.8, 4) is 28.6 Å². The topological polar surface area (TPSA) is 126 Å². The molecule has 0 saturated heterocycles. The van der Waals surface area contributed by atoms with Crippen LogP contribution >= 0.6 is 23.2 Å². The summed E-state index contributed by atoms with van der Waals surface area (Å²) in [5.74, 6) is -0.408. The number of imidazole rings is 1. The van der Waals surface area contributed by atoms with E-state index in [2.05, 4.69) is 31.1 Å². The second kappa shape index (κ2) is 10.5. The zero-order valence-corrected chi connectivity index (χ0v) is 21.3. The number of carbonyl (C=O) groups excluding carboxylic acids is 1. The van der Waals surface area contributed by atoms with Gasteiger partial charge in [0.25, 0.3) is 5.91 Å². The number of aryl methyl sites for hydroxylation is 1. The van der Waals surface area contributed by atoms with Crippen molar-refractivity contribution in [3.05, 3.63) is 76.0 Å². The van der Waals surface area contributed by atoms with Crippen LogP contribution in [-0.4, -0.2) is 35.8 Å². The Kier molecular flexibility index (Phi) is 6.91. The van der Waals surface area contributed by atoms with Gasteiger partial charge in [0.05, 0.1) is 29.2 Å². The Balaban J connectivity index is 1.45. The quantitative estimate of drug-likeness (QED) is 0.294. The maximum absolute atomic E-state index is 15.3. The number of benzene rings is 3. The van der Waals surface area contributed by atoms with E-state index >= 15 is 4.39 Å². The molecule has 0 fully saturated rings. The zero-order chi connectivity index (χ0) is 26.8. The van der Waals surface area contributed by atoms with Crippen LogP contribution in [0.4, 0.5) is 10.3 Å². The number of halogens is 3. The number of aromatic nitrogens is 6. The molecule has 2 N–H and O–H groups in total. The molecular formula is C25H18Cl2FN9O. The molecular weight excluding hydrogens is 532 g/mol. The Bertz CT molecular complexity index is 1720. The Morgan fingerprint density at radius 2 is 1.97 bits per heavy atom. The van der Waals surface area contributed by atoms with Crippen LogP contribution in [0.3, 0.4) is 0 Å². The molecule has 0 spiro atoms. The van der Waals surface area contributed by atoms with Gasteiger partial charge >= 0.3 is 0 Å². The fourth-order valence-corrected chi connectivity index (χ4v) is 4.52. The van der Waals surface area contributed by atoms with Crippen molar-refractivity contribution >= 4 is 46.1 Å². The largest absolute Gasteiger partial charge is 0.350 e. The summed E-state index contributed by atoms with van der Waals surface area (Å²) in [7, 11) is 1.63. The molecule has 0 bridgehead atoms. The van der Waals surface area contributed by atoms with E-state index in [1.165, 1.54) is 15.5 Å². The van der Waals surface area contributed by atoms with Crippen LogP contribution in [-0.2, 0) is 18.4 Å². The van der Waals surface area contributed by atoms with Gasteiger partial charge in [-0.25, -0.2) is 14.1 Å². The van der Waals surface area contributed by atoms with Gasteiger partial charge in [-0.2, -0.15) is 10.1 Å². The van der Waals surface area contributed by atoms with Gasteiger partial charge in [-0.15, -0.1) is 10.2 Å². The summed E-state index contributed by atoms with van der Waals surface area (Å²) in [5.41, 5.74) is 5.79. The summed E-state index contributed by atoms with van der Waals surface area (Å²) in [4.78, 5) is 17.9. The minimum Gasteiger partial charge on any atom is -0.350 e. The normalized spacial score (nSPS) is 10.9. The highest BCUT2D eigenvalue weighted by atomic mass is 35.5. The first-order valence-corrected chi connectivity index (χ1v) is 12.0. The third-order valence-corrected chi connectivity index (χ3v) is 6.14. The van der Waals surface area contributed by atoms with Gasteiger partial charge in [-0.05, 0) is 46.7 Å². The van der Waals surface area contributed by atoms with E-state index in [4.69, 9.17) is 28.5 Å². The number of para-hydroxylation sites is 2. The number of tetrazole rings is 1. The van der Waals surface area contributed by atoms with Gasteiger partial charge in [0.15, 0.2) is 0 Å². The molecule has 2 aromatic heterocycles. The van der Waals surface area contributed by atoms with E-state index in [9.17, 15) is 4.79 Å². The van der Waals surface area contributed by atoms with Crippen molar-refractivity contribution < 1.29 is 9.18 Å². The monoisotopic (exact) mass is 549 g/mol. The molecule has 3 aromatic carbocycles. The lowest BCUT2D eigenvalue weighted by atomic mass is 9.97. The second-order valence-electron chi connectivity index (χ2n) is 8.20. The number of hydrogen-bond donors (Lipinski definition) is 2. The van der Waals surface area contributed by atoms with Gasteiger partial charge in [0, 0.05) is 22.7 Å². The lowest BCUT2D eigenvalue weighted by molar-refractivity contribution is -0.116. The van der Waals surface area contributed by atoms with Gasteiger partial charge in [0.1, 0.15) is 12.2 Å². The van der Waals surface area contributed by atoms with Crippen molar-refractivity contribution in [2.24, 2.45) is 7.05 Å². The first-order valence-electron chi connectivity index (χ1n) is 11.2. The van der Waals surface area contributed by atoms with Crippen LogP contribution in [0.25, 0.3) is 33.5 Å². The number of nitrogens with one attached hydrogen (secondary N) is 2. The number of hydrogen-bond acceptors (Lipinski definition) is 7. The molecule has 0 aliphatic rings. The number of carbonyl (C=O) groups is 1. The Morgan fingerprint density at radius 1 is 1.16 bits per heavy atom. The van der Waals surface area contributed by atoms with Crippen molar-refractivity contribution in [3.63, 3.8) is 0 Å². The number of nitrogens with zero attached hydrogens (tertiary/aromatic N) is 7. The minimum absolute atomic E-state index is 0.0679. The zero-order valence-electron chi connectivity index (χ0n) is 19.8. The lowest BCUT2D eigenvalue weighted by Gasteiger charge is -2.13. The smallest absolute Gasteiger partial charge is 0.253 e. The number of anilines is 1. The Hall–Kier alpha value is -4.53. The molecule has 13 heteroatoms. The van der Waals surface area contributed by atoms with Crippen LogP contribution < -0.4 is 10.7 Å². The van der Waals surface area contributed by atoms with Gasteiger partial charge in [-0.1, -0.05) is 47.5 Å². The molecule has 190 valence electrons. The highest BCUT2D eigenvalue weighted by Crippen LogP contribution is 2.38. The van der Waals surface area contributed by atoms with Crippen molar-refractivity contribution in [2.45, 2.75) is 13.0 Å². The number of amides is 1. The summed E-state index contributed by atoms with van der Waals surface area (Å²) in [6, 6.07) is 16.9. The van der Waals surface area contributed by atoms with Crippen LogP contribution in [0, 0.1) is 17.1 Å². The Morgan fingerprint density at radius 3 is 2.71 bits per heavy atom. The molecule has 2 heterocycles. The summed E-state index contributed by atoms with van der Waals surface area (Å²) >= 11 is 12.7. The van der Waals surface area contributed by atoms with Gasteiger partial charge in [-0.3, -0.25) is 10.2 Å². The number of rotatable bonds is 7. The Labute approximate surface area is 225 Å². The van der Waals surface area contributed by atoms with Crippen molar-refractivity contribution in [1.82, 2.24) is 29.9 Å². The van der Waals surface area contributed by atoms with Crippen LogP contribution in [0.2, 0.25) is 10.0 Å². The van der Waals surface area contributed by atoms with E-state index < -0.39 is 11.7 Å². The van der Waals surface area contributed by atoms with Gasteiger partial charge in [0.2, 0.25) is 11.8 Å². The molecule has 0 atom stereocenters.